The topological polar surface area (TPSA) is 12.0 Å². The fourth-order valence-corrected chi connectivity index (χ4v) is 2.83. The zero-order chi connectivity index (χ0) is 14.9. The lowest BCUT2D eigenvalue weighted by Crippen LogP contribution is -2.21. The Labute approximate surface area is 134 Å². The molecule has 0 spiro atoms. The standard InChI is InChI=1S/C14H10BrCl2F2N/c1-20-14(9-6-8(16)2-3-10(9)17)13-11(18)4-7(15)5-12(13)19/h2-6,14,20H,1H3. The highest BCUT2D eigenvalue weighted by Crippen LogP contribution is 2.34. The molecule has 0 aliphatic rings. The van der Waals surface area contributed by atoms with Gasteiger partial charge in [-0.25, -0.2) is 8.78 Å². The van der Waals surface area contributed by atoms with Crippen LogP contribution in [0.25, 0.3) is 0 Å². The Morgan fingerprint density at radius 3 is 2.25 bits per heavy atom. The summed E-state index contributed by atoms with van der Waals surface area (Å²) < 4.78 is 28.5. The van der Waals surface area contributed by atoms with Crippen molar-refractivity contribution < 1.29 is 8.78 Å². The van der Waals surface area contributed by atoms with Crippen molar-refractivity contribution in [3.05, 3.63) is 67.6 Å². The van der Waals surface area contributed by atoms with Gasteiger partial charge in [0.1, 0.15) is 11.6 Å². The maximum absolute atomic E-state index is 14.1. The number of nitrogens with one attached hydrogen (secondary N) is 1. The van der Waals surface area contributed by atoms with Crippen LogP contribution in [0.3, 0.4) is 0 Å². The van der Waals surface area contributed by atoms with Gasteiger partial charge in [-0.1, -0.05) is 39.1 Å². The zero-order valence-corrected chi connectivity index (χ0v) is 13.5. The molecule has 0 heterocycles. The van der Waals surface area contributed by atoms with E-state index in [0.717, 1.165) is 0 Å². The van der Waals surface area contributed by atoms with Crippen LogP contribution in [0.15, 0.2) is 34.8 Å². The first-order chi connectivity index (χ1) is 9.43. The molecule has 2 rings (SSSR count). The van der Waals surface area contributed by atoms with E-state index in [1.807, 2.05) is 0 Å². The van der Waals surface area contributed by atoms with E-state index in [2.05, 4.69) is 21.2 Å². The summed E-state index contributed by atoms with van der Waals surface area (Å²) in [6, 6.07) is 6.50. The summed E-state index contributed by atoms with van der Waals surface area (Å²) in [7, 11) is 1.60. The van der Waals surface area contributed by atoms with Crippen LogP contribution in [0.4, 0.5) is 8.78 Å². The maximum atomic E-state index is 14.1. The van der Waals surface area contributed by atoms with Crippen molar-refractivity contribution in [2.75, 3.05) is 7.05 Å². The molecule has 2 aromatic carbocycles. The van der Waals surface area contributed by atoms with Crippen molar-refractivity contribution in [2.24, 2.45) is 0 Å². The molecular weight excluding hydrogens is 371 g/mol. The summed E-state index contributed by atoms with van der Waals surface area (Å²) >= 11 is 15.1. The average Bonchev–Trinajstić information content (AvgIpc) is 2.37. The molecule has 0 aliphatic heterocycles. The zero-order valence-electron chi connectivity index (χ0n) is 10.4. The van der Waals surface area contributed by atoms with Crippen molar-refractivity contribution in [3.8, 4) is 0 Å². The van der Waals surface area contributed by atoms with E-state index in [0.29, 0.717) is 20.1 Å². The Hall–Kier alpha value is -0.680. The molecule has 1 nitrogen and oxygen atoms in total. The van der Waals surface area contributed by atoms with E-state index in [-0.39, 0.29) is 5.56 Å². The second-order valence-corrected chi connectivity index (χ2v) is 5.93. The van der Waals surface area contributed by atoms with Crippen LogP contribution in [-0.4, -0.2) is 7.05 Å². The molecule has 2 aromatic rings. The second kappa shape index (κ2) is 6.39. The van der Waals surface area contributed by atoms with E-state index in [9.17, 15) is 8.78 Å². The minimum absolute atomic E-state index is 0.0973. The van der Waals surface area contributed by atoms with Crippen molar-refractivity contribution in [1.29, 1.82) is 0 Å². The molecule has 20 heavy (non-hydrogen) atoms. The van der Waals surface area contributed by atoms with Crippen LogP contribution < -0.4 is 5.32 Å². The van der Waals surface area contributed by atoms with Crippen LogP contribution in [0.1, 0.15) is 17.2 Å². The van der Waals surface area contributed by atoms with Gasteiger partial charge < -0.3 is 5.32 Å². The summed E-state index contributed by atoms with van der Waals surface area (Å²) in [5, 5.41) is 3.70. The van der Waals surface area contributed by atoms with E-state index in [4.69, 9.17) is 23.2 Å². The van der Waals surface area contributed by atoms with Crippen molar-refractivity contribution in [2.45, 2.75) is 6.04 Å². The lowest BCUT2D eigenvalue weighted by Gasteiger charge is -2.20. The Morgan fingerprint density at radius 2 is 1.70 bits per heavy atom. The van der Waals surface area contributed by atoms with Crippen LogP contribution in [0.5, 0.6) is 0 Å². The van der Waals surface area contributed by atoms with Crippen LogP contribution in [0.2, 0.25) is 10.0 Å². The number of rotatable bonds is 3. The van der Waals surface area contributed by atoms with Crippen LogP contribution in [-0.2, 0) is 0 Å². The number of benzene rings is 2. The Morgan fingerprint density at radius 1 is 1.10 bits per heavy atom. The Balaban J connectivity index is 2.61. The smallest absolute Gasteiger partial charge is 0.132 e. The Bertz CT molecular complexity index is 626. The van der Waals surface area contributed by atoms with Crippen molar-refractivity contribution >= 4 is 39.1 Å². The molecule has 0 aliphatic carbocycles. The summed E-state index contributed by atoms with van der Waals surface area (Å²) in [5.41, 5.74) is 0.418. The van der Waals surface area contributed by atoms with Crippen LogP contribution >= 0.6 is 39.1 Å². The first kappa shape index (κ1) is 15.7. The Kier molecular flexibility index (Phi) is 5.02. The SMILES string of the molecule is CNC(c1cc(Cl)ccc1Cl)c1c(F)cc(Br)cc1F. The lowest BCUT2D eigenvalue weighted by molar-refractivity contribution is 0.521. The highest BCUT2D eigenvalue weighted by atomic mass is 79.9. The molecule has 1 atom stereocenters. The predicted molar refractivity (Wildman–Crippen MR) is 81.4 cm³/mol. The van der Waals surface area contributed by atoms with Crippen molar-refractivity contribution in [1.82, 2.24) is 5.32 Å². The summed E-state index contributed by atoms with van der Waals surface area (Å²) in [6.07, 6.45) is 0. The predicted octanol–water partition coefficient (Wildman–Crippen LogP) is 5.34. The summed E-state index contributed by atoms with van der Waals surface area (Å²) in [4.78, 5) is 0. The van der Waals surface area contributed by atoms with Gasteiger partial charge >= 0.3 is 0 Å². The van der Waals surface area contributed by atoms with Crippen molar-refractivity contribution in [3.63, 3.8) is 0 Å². The van der Waals surface area contributed by atoms with E-state index >= 15 is 0 Å². The molecule has 0 amide bonds. The summed E-state index contributed by atoms with van der Waals surface area (Å²) in [6.45, 7) is 0. The summed E-state index contributed by atoms with van der Waals surface area (Å²) in [5.74, 6) is -1.32. The normalized spacial score (nSPS) is 12.5. The minimum atomic E-state index is -0.728. The monoisotopic (exact) mass is 379 g/mol. The van der Waals surface area contributed by atoms with Gasteiger partial charge in [0.2, 0.25) is 0 Å². The van der Waals surface area contributed by atoms with E-state index < -0.39 is 17.7 Å². The molecule has 6 heteroatoms. The molecule has 1 unspecified atom stereocenters. The third-order valence-electron chi connectivity index (χ3n) is 2.89. The lowest BCUT2D eigenvalue weighted by atomic mass is 9.97. The van der Waals surface area contributed by atoms with Gasteiger partial charge in [0.25, 0.3) is 0 Å². The quantitative estimate of drug-likeness (QED) is 0.757. The fourth-order valence-electron chi connectivity index (χ4n) is 2.02. The molecule has 0 radical (unpaired) electrons. The van der Waals surface area contributed by atoms with E-state index in [1.54, 1.807) is 25.2 Å². The van der Waals surface area contributed by atoms with Crippen LogP contribution in [0, 0.1) is 11.6 Å². The largest absolute Gasteiger partial charge is 0.309 e. The number of halogens is 5. The highest BCUT2D eigenvalue weighted by molar-refractivity contribution is 9.10. The van der Waals surface area contributed by atoms with Gasteiger partial charge in [0.15, 0.2) is 0 Å². The third kappa shape index (κ3) is 3.14. The molecule has 0 saturated heterocycles. The molecule has 0 saturated carbocycles. The molecule has 106 valence electrons. The van der Waals surface area contributed by atoms with Gasteiger partial charge in [0.05, 0.1) is 6.04 Å². The van der Waals surface area contributed by atoms with Gasteiger partial charge in [-0.15, -0.1) is 0 Å². The van der Waals surface area contributed by atoms with Gasteiger partial charge in [-0.05, 0) is 42.9 Å². The maximum Gasteiger partial charge on any atom is 0.132 e. The van der Waals surface area contributed by atoms with Gasteiger partial charge in [-0.2, -0.15) is 0 Å². The third-order valence-corrected chi connectivity index (χ3v) is 3.93. The molecule has 0 aromatic heterocycles. The number of hydrogen-bond donors (Lipinski definition) is 1. The average molecular weight is 381 g/mol. The minimum Gasteiger partial charge on any atom is -0.309 e. The highest BCUT2D eigenvalue weighted by Gasteiger charge is 2.23. The van der Waals surface area contributed by atoms with Gasteiger partial charge in [0, 0.05) is 20.1 Å². The van der Waals surface area contributed by atoms with Gasteiger partial charge in [-0.3, -0.25) is 0 Å². The molecular formula is C14H10BrCl2F2N. The van der Waals surface area contributed by atoms with E-state index in [1.165, 1.54) is 12.1 Å². The first-order valence-corrected chi connectivity index (χ1v) is 7.25. The number of hydrogen-bond acceptors (Lipinski definition) is 1. The molecule has 0 bridgehead atoms. The second-order valence-electron chi connectivity index (χ2n) is 4.17. The fraction of sp³-hybridized carbons (Fsp3) is 0.143. The molecule has 1 N–H and O–H groups in total. The first-order valence-electron chi connectivity index (χ1n) is 5.70. The molecule has 0 fully saturated rings.